The topological polar surface area (TPSA) is 37.3 Å². The van der Waals surface area contributed by atoms with Gasteiger partial charge in [0.05, 0.1) is 0 Å². The summed E-state index contributed by atoms with van der Waals surface area (Å²) in [5.41, 5.74) is 1.10. The Bertz CT molecular complexity index is 240. The van der Waals surface area contributed by atoms with Gasteiger partial charge in [-0.2, -0.15) is 4.89 Å². The highest BCUT2D eigenvalue weighted by Crippen LogP contribution is 2.12. The molecule has 0 aromatic heterocycles. The zero-order valence-electron chi connectivity index (χ0n) is 5.61. The highest BCUT2D eigenvalue weighted by molar-refractivity contribution is 7.47. The van der Waals surface area contributed by atoms with E-state index in [1.807, 2.05) is 19.1 Å². The predicted octanol–water partition coefficient (Wildman–Crippen LogP) is 1.36. The van der Waals surface area contributed by atoms with Crippen LogP contribution in [0.2, 0.25) is 0 Å². The third kappa shape index (κ3) is 1.63. The molecule has 2 nitrogen and oxygen atoms in total. The fraction of sp³-hybridized carbons (Fsp3) is 0.143. The molecule has 10 heavy (non-hydrogen) atoms. The van der Waals surface area contributed by atoms with Crippen LogP contribution < -0.4 is 5.30 Å². The van der Waals surface area contributed by atoms with Gasteiger partial charge in [0, 0.05) is 0 Å². The minimum absolute atomic E-state index is 0.487. The molecule has 3 heteroatoms. The van der Waals surface area contributed by atoms with Gasteiger partial charge in [-0.3, -0.25) is 0 Å². The van der Waals surface area contributed by atoms with E-state index in [1.54, 1.807) is 12.1 Å². The SMILES string of the molecule is Cc1ccc([P+](=O)O)cc1. The molecule has 0 saturated heterocycles. The lowest BCUT2D eigenvalue weighted by molar-refractivity contribution is 0.513. The first kappa shape index (κ1) is 7.39. The van der Waals surface area contributed by atoms with Crippen molar-refractivity contribution in [2.24, 2.45) is 0 Å². The van der Waals surface area contributed by atoms with E-state index in [1.165, 1.54) is 0 Å². The van der Waals surface area contributed by atoms with E-state index in [0.717, 1.165) is 5.56 Å². The van der Waals surface area contributed by atoms with Crippen molar-refractivity contribution >= 4 is 13.3 Å². The minimum atomic E-state index is -2.16. The molecule has 1 aromatic carbocycles. The standard InChI is InChI=1S/C7H7O2P/c1-6-2-4-7(5-3-6)10(8)9/h2-5H,1H3/p+1. The zero-order valence-corrected chi connectivity index (χ0v) is 6.51. The fourth-order valence-electron chi connectivity index (χ4n) is 0.672. The van der Waals surface area contributed by atoms with E-state index in [-0.39, 0.29) is 0 Å². The summed E-state index contributed by atoms with van der Waals surface area (Å²) in [6, 6.07) is 6.96. The van der Waals surface area contributed by atoms with Gasteiger partial charge in [-0.05, 0) is 23.6 Å². The van der Waals surface area contributed by atoms with E-state index in [4.69, 9.17) is 4.89 Å². The normalized spacial score (nSPS) is 11.2. The molecular formula is C7H8O2P+. The molecule has 0 amide bonds. The van der Waals surface area contributed by atoms with Crippen LogP contribution in [0.3, 0.4) is 0 Å². The molecule has 0 spiro atoms. The van der Waals surface area contributed by atoms with Crippen LogP contribution in [0.5, 0.6) is 0 Å². The van der Waals surface area contributed by atoms with Crippen molar-refractivity contribution in [3.05, 3.63) is 29.8 Å². The molecule has 1 aromatic rings. The summed E-state index contributed by atoms with van der Waals surface area (Å²) in [6.07, 6.45) is 0. The van der Waals surface area contributed by atoms with E-state index < -0.39 is 8.03 Å². The van der Waals surface area contributed by atoms with Crippen LogP contribution in [-0.4, -0.2) is 4.89 Å². The number of benzene rings is 1. The van der Waals surface area contributed by atoms with Crippen molar-refractivity contribution in [2.75, 3.05) is 0 Å². The van der Waals surface area contributed by atoms with Gasteiger partial charge in [0.25, 0.3) is 0 Å². The molecule has 52 valence electrons. The molecule has 1 N–H and O–H groups in total. The number of aryl methyl sites for hydroxylation is 1. The Hall–Kier alpha value is -0.720. The summed E-state index contributed by atoms with van der Waals surface area (Å²) in [7, 11) is -2.16. The first-order valence-corrected chi connectivity index (χ1v) is 4.14. The molecule has 0 bridgehead atoms. The van der Waals surface area contributed by atoms with Crippen LogP contribution in [0, 0.1) is 6.92 Å². The van der Waals surface area contributed by atoms with E-state index >= 15 is 0 Å². The molecule has 0 saturated carbocycles. The summed E-state index contributed by atoms with van der Waals surface area (Å²) >= 11 is 0. The summed E-state index contributed by atoms with van der Waals surface area (Å²) in [5.74, 6) is 0. The Morgan fingerprint density at radius 1 is 1.30 bits per heavy atom. The highest BCUT2D eigenvalue weighted by atomic mass is 31.1. The summed E-state index contributed by atoms with van der Waals surface area (Å²) < 4.78 is 10.5. The Morgan fingerprint density at radius 2 is 1.80 bits per heavy atom. The maximum atomic E-state index is 10.5. The van der Waals surface area contributed by atoms with Crippen molar-refractivity contribution in [2.45, 2.75) is 6.92 Å². The summed E-state index contributed by atoms with van der Waals surface area (Å²) in [4.78, 5) is 8.62. The van der Waals surface area contributed by atoms with Gasteiger partial charge in [0.15, 0.2) is 0 Å². The number of hydrogen-bond donors (Lipinski definition) is 1. The average molecular weight is 155 g/mol. The molecule has 0 aliphatic carbocycles. The smallest absolute Gasteiger partial charge is 0.156 e. The van der Waals surface area contributed by atoms with E-state index in [0.29, 0.717) is 5.30 Å². The molecule has 0 radical (unpaired) electrons. The lowest BCUT2D eigenvalue weighted by Crippen LogP contribution is -1.93. The van der Waals surface area contributed by atoms with Gasteiger partial charge >= 0.3 is 8.03 Å². The van der Waals surface area contributed by atoms with Crippen molar-refractivity contribution in [1.29, 1.82) is 0 Å². The molecule has 0 fully saturated rings. The molecular weight excluding hydrogens is 147 g/mol. The fourth-order valence-corrected chi connectivity index (χ4v) is 1.08. The molecule has 1 atom stereocenters. The second-order valence-electron chi connectivity index (χ2n) is 2.11. The first-order chi connectivity index (χ1) is 4.70. The second kappa shape index (κ2) is 2.91. The van der Waals surface area contributed by atoms with Gasteiger partial charge in [-0.15, -0.1) is 0 Å². The summed E-state index contributed by atoms with van der Waals surface area (Å²) in [6.45, 7) is 1.94. The van der Waals surface area contributed by atoms with Gasteiger partial charge in [-0.1, -0.05) is 17.7 Å². The molecule has 1 unspecified atom stereocenters. The monoisotopic (exact) mass is 155 g/mol. The Kier molecular flexibility index (Phi) is 2.15. The Morgan fingerprint density at radius 3 is 2.20 bits per heavy atom. The Balaban J connectivity index is 3.00. The van der Waals surface area contributed by atoms with Gasteiger partial charge in [-0.25, -0.2) is 0 Å². The summed E-state index contributed by atoms with van der Waals surface area (Å²) in [5, 5.41) is 0.487. The lowest BCUT2D eigenvalue weighted by Gasteiger charge is -1.85. The lowest BCUT2D eigenvalue weighted by atomic mass is 10.2. The first-order valence-electron chi connectivity index (χ1n) is 2.93. The minimum Gasteiger partial charge on any atom is -0.156 e. The van der Waals surface area contributed by atoms with Gasteiger partial charge < -0.3 is 0 Å². The molecule has 0 aliphatic heterocycles. The van der Waals surface area contributed by atoms with Crippen LogP contribution in [-0.2, 0) is 4.57 Å². The predicted molar refractivity (Wildman–Crippen MR) is 40.6 cm³/mol. The number of rotatable bonds is 1. The Labute approximate surface area is 60.4 Å². The largest absolute Gasteiger partial charge is 0.546 e. The van der Waals surface area contributed by atoms with Crippen LogP contribution >= 0.6 is 8.03 Å². The molecule has 0 heterocycles. The van der Waals surface area contributed by atoms with Crippen LogP contribution in [0.1, 0.15) is 5.56 Å². The van der Waals surface area contributed by atoms with Gasteiger partial charge in [0.1, 0.15) is 0 Å². The highest BCUT2D eigenvalue weighted by Gasteiger charge is 2.13. The van der Waals surface area contributed by atoms with Crippen molar-refractivity contribution < 1.29 is 9.46 Å². The maximum Gasteiger partial charge on any atom is 0.546 e. The maximum absolute atomic E-state index is 10.5. The zero-order chi connectivity index (χ0) is 7.56. The average Bonchev–Trinajstić information content (AvgIpc) is 1.88. The van der Waals surface area contributed by atoms with Crippen LogP contribution in [0.25, 0.3) is 0 Å². The van der Waals surface area contributed by atoms with E-state index in [9.17, 15) is 4.57 Å². The van der Waals surface area contributed by atoms with Gasteiger partial charge in [0.2, 0.25) is 5.30 Å². The molecule has 1 rings (SSSR count). The van der Waals surface area contributed by atoms with Crippen molar-refractivity contribution in [3.8, 4) is 0 Å². The third-order valence-electron chi connectivity index (χ3n) is 1.25. The van der Waals surface area contributed by atoms with Crippen molar-refractivity contribution in [3.63, 3.8) is 0 Å². The van der Waals surface area contributed by atoms with E-state index in [2.05, 4.69) is 0 Å². The number of hydrogen-bond acceptors (Lipinski definition) is 1. The second-order valence-corrected chi connectivity index (χ2v) is 3.17. The van der Waals surface area contributed by atoms with Crippen LogP contribution in [0.15, 0.2) is 24.3 Å². The third-order valence-corrected chi connectivity index (χ3v) is 1.99. The quantitative estimate of drug-likeness (QED) is 0.621. The molecule has 0 aliphatic rings. The van der Waals surface area contributed by atoms with Crippen LogP contribution in [0.4, 0.5) is 0 Å². The van der Waals surface area contributed by atoms with Crippen molar-refractivity contribution in [1.82, 2.24) is 0 Å².